The summed E-state index contributed by atoms with van der Waals surface area (Å²) in [7, 11) is 0. The number of rotatable bonds is 2. The molecular formula is C8H14O3. The second-order valence-electron chi connectivity index (χ2n) is 2.70. The molecule has 0 saturated carbocycles. The van der Waals surface area contributed by atoms with Crippen molar-refractivity contribution in [3.8, 4) is 0 Å². The maximum Gasteiger partial charge on any atom is 0.166 e. The Morgan fingerprint density at radius 3 is 3.09 bits per heavy atom. The quantitative estimate of drug-likeness (QED) is 0.600. The maximum absolute atomic E-state index is 11.1. The lowest BCUT2D eigenvalue weighted by Crippen LogP contribution is -2.36. The van der Waals surface area contributed by atoms with Crippen LogP contribution in [0.5, 0.6) is 0 Å². The predicted octanol–water partition coefficient (Wildman–Crippen LogP) is 0.975. The van der Waals surface area contributed by atoms with Gasteiger partial charge in [-0.1, -0.05) is 6.92 Å². The number of carbonyl (C=O) groups excluding carboxylic acids is 1. The Morgan fingerprint density at radius 2 is 2.45 bits per heavy atom. The highest BCUT2D eigenvalue weighted by Gasteiger charge is 2.28. The fourth-order valence-corrected chi connectivity index (χ4v) is 1.16. The molecule has 0 radical (unpaired) electrons. The zero-order chi connectivity index (χ0) is 8.27. The van der Waals surface area contributed by atoms with E-state index in [0.717, 1.165) is 0 Å². The molecule has 0 unspecified atom stereocenters. The van der Waals surface area contributed by atoms with Gasteiger partial charge in [0.1, 0.15) is 5.78 Å². The fourth-order valence-electron chi connectivity index (χ4n) is 1.16. The number of ether oxygens (including phenoxy) is 2. The molecule has 1 aliphatic heterocycles. The topological polar surface area (TPSA) is 35.5 Å². The highest BCUT2D eigenvalue weighted by Crippen LogP contribution is 2.17. The molecule has 0 amide bonds. The van der Waals surface area contributed by atoms with Crippen LogP contribution in [0.2, 0.25) is 0 Å². The second kappa shape index (κ2) is 3.83. The molecule has 1 saturated heterocycles. The number of Topliss-reactive ketones (excluding diaryl/α,β-unsaturated/α-hetero) is 1. The summed E-state index contributed by atoms with van der Waals surface area (Å²) in [4.78, 5) is 11.1. The number of ketones is 1. The average Bonchev–Trinajstić information content (AvgIpc) is 1.99. The SMILES string of the molecule is CCO[C@@H]1OCCC(=O)[C@H]1C. The van der Waals surface area contributed by atoms with E-state index in [1.807, 2.05) is 13.8 Å². The number of hydrogen-bond donors (Lipinski definition) is 0. The van der Waals surface area contributed by atoms with Crippen molar-refractivity contribution in [1.29, 1.82) is 0 Å². The zero-order valence-corrected chi connectivity index (χ0v) is 7.00. The van der Waals surface area contributed by atoms with Gasteiger partial charge in [0, 0.05) is 13.0 Å². The Morgan fingerprint density at radius 1 is 1.73 bits per heavy atom. The first-order valence-corrected chi connectivity index (χ1v) is 4.01. The summed E-state index contributed by atoms with van der Waals surface area (Å²) in [5, 5.41) is 0. The van der Waals surface area contributed by atoms with E-state index in [2.05, 4.69) is 0 Å². The smallest absolute Gasteiger partial charge is 0.166 e. The highest BCUT2D eigenvalue weighted by molar-refractivity contribution is 5.81. The molecule has 3 heteroatoms. The molecular weight excluding hydrogens is 144 g/mol. The first-order valence-electron chi connectivity index (χ1n) is 4.01. The van der Waals surface area contributed by atoms with Crippen LogP contribution in [-0.4, -0.2) is 25.3 Å². The number of carbonyl (C=O) groups is 1. The van der Waals surface area contributed by atoms with Crippen molar-refractivity contribution >= 4 is 5.78 Å². The van der Waals surface area contributed by atoms with Gasteiger partial charge in [-0.05, 0) is 6.92 Å². The van der Waals surface area contributed by atoms with Gasteiger partial charge in [-0.25, -0.2) is 0 Å². The molecule has 0 aromatic carbocycles. The second-order valence-corrected chi connectivity index (χ2v) is 2.70. The van der Waals surface area contributed by atoms with Crippen molar-refractivity contribution < 1.29 is 14.3 Å². The van der Waals surface area contributed by atoms with Gasteiger partial charge in [-0.15, -0.1) is 0 Å². The molecule has 1 aliphatic rings. The number of hydrogen-bond acceptors (Lipinski definition) is 3. The van der Waals surface area contributed by atoms with E-state index < -0.39 is 0 Å². The van der Waals surface area contributed by atoms with Crippen LogP contribution in [0.15, 0.2) is 0 Å². The van der Waals surface area contributed by atoms with E-state index in [0.29, 0.717) is 19.6 Å². The molecule has 1 fully saturated rings. The Labute approximate surface area is 66.7 Å². The molecule has 64 valence electrons. The van der Waals surface area contributed by atoms with Gasteiger partial charge in [0.05, 0.1) is 12.5 Å². The lowest BCUT2D eigenvalue weighted by atomic mass is 10.0. The lowest BCUT2D eigenvalue weighted by molar-refractivity contribution is -0.189. The average molecular weight is 158 g/mol. The first kappa shape index (κ1) is 8.68. The van der Waals surface area contributed by atoms with Gasteiger partial charge in [0.15, 0.2) is 6.29 Å². The third kappa shape index (κ3) is 2.01. The van der Waals surface area contributed by atoms with Gasteiger partial charge in [0.2, 0.25) is 0 Å². The van der Waals surface area contributed by atoms with Crippen molar-refractivity contribution in [2.24, 2.45) is 5.92 Å². The Bertz CT molecular complexity index is 142. The molecule has 0 aromatic heterocycles. The highest BCUT2D eigenvalue weighted by atomic mass is 16.7. The lowest BCUT2D eigenvalue weighted by Gasteiger charge is -2.27. The van der Waals surface area contributed by atoms with Crippen LogP contribution in [0.3, 0.4) is 0 Å². The fraction of sp³-hybridized carbons (Fsp3) is 0.875. The molecule has 0 bridgehead atoms. The van der Waals surface area contributed by atoms with Crippen molar-refractivity contribution in [3.05, 3.63) is 0 Å². The van der Waals surface area contributed by atoms with Crippen LogP contribution in [0.25, 0.3) is 0 Å². The minimum absolute atomic E-state index is 0.0938. The molecule has 0 aromatic rings. The molecule has 0 N–H and O–H groups in total. The summed E-state index contributed by atoms with van der Waals surface area (Å²) in [6.07, 6.45) is 0.228. The summed E-state index contributed by atoms with van der Waals surface area (Å²) in [5.74, 6) is 0.151. The minimum Gasteiger partial charge on any atom is -0.352 e. The maximum atomic E-state index is 11.1. The Kier molecular flexibility index (Phi) is 3.02. The molecule has 3 nitrogen and oxygen atoms in total. The van der Waals surface area contributed by atoms with Crippen molar-refractivity contribution in [3.63, 3.8) is 0 Å². The molecule has 11 heavy (non-hydrogen) atoms. The predicted molar refractivity (Wildman–Crippen MR) is 40.2 cm³/mol. The summed E-state index contributed by atoms with van der Waals surface area (Å²) in [5.41, 5.74) is 0. The molecule has 1 heterocycles. The normalized spacial score (nSPS) is 32.4. The molecule has 1 rings (SSSR count). The standard InChI is InChI=1S/C8H14O3/c1-3-10-8-6(2)7(9)4-5-11-8/h6,8H,3-5H2,1-2H3/t6-,8-/m1/s1. The summed E-state index contributed by atoms with van der Waals surface area (Å²) in [6, 6.07) is 0. The first-order chi connectivity index (χ1) is 5.25. The van der Waals surface area contributed by atoms with E-state index in [9.17, 15) is 4.79 Å². The van der Waals surface area contributed by atoms with E-state index in [-0.39, 0.29) is 18.0 Å². The van der Waals surface area contributed by atoms with Crippen molar-refractivity contribution in [2.45, 2.75) is 26.6 Å². The van der Waals surface area contributed by atoms with Gasteiger partial charge >= 0.3 is 0 Å². The van der Waals surface area contributed by atoms with Crippen molar-refractivity contribution in [2.75, 3.05) is 13.2 Å². The van der Waals surface area contributed by atoms with Crippen LogP contribution in [-0.2, 0) is 14.3 Å². The third-order valence-electron chi connectivity index (χ3n) is 1.88. The van der Waals surface area contributed by atoms with E-state index in [1.165, 1.54) is 0 Å². The van der Waals surface area contributed by atoms with Crippen LogP contribution in [0.1, 0.15) is 20.3 Å². The van der Waals surface area contributed by atoms with Crippen LogP contribution >= 0.6 is 0 Å². The largest absolute Gasteiger partial charge is 0.352 e. The van der Waals surface area contributed by atoms with E-state index in [1.54, 1.807) is 0 Å². The van der Waals surface area contributed by atoms with E-state index >= 15 is 0 Å². The Balaban J connectivity index is 2.44. The molecule has 2 atom stereocenters. The van der Waals surface area contributed by atoms with Crippen molar-refractivity contribution in [1.82, 2.24) is 0 Å². The van der Waals surface area contributed by atoms with Gasteiger partial charge in [-0.2, -0.15) is 0 Å². The summed E-state index contributed by atoms with van der Waals surface area (Å²) in [6.45, 7) is 4.85. The van der Waals surface area contributed by atoms with Gasteiger partial charge < -0.3 is 9.47 Å². The summed E-state index contributed by atoms with van der Waals surface area (Å²) < 4.78 is 10.5. The summed E-state index contributed by atoms with van der Waals surface area (Å²) >= 11 is 0. The Hall–Kier alpha value is -0.410. The zero-order valence-electron chi connectivity index (χ0n) is 7.00. The van der Waals surface area contributed by atoms with Crippen LogP contribution in [0, 0.1) is 5.92 Å². The van der Waals surface area contributed by atoms with Gasteiger partial charge in [0.25, 0.3) is 0 Å². The monoisotopic (exact) mass is 158 g/mol. The third-order valence-corrected chi connectivity index (χ3v) is 1.88. The minimum atomic E-state index is -0.304. The van der Waals surface area contributed by atoms with E-state index in [4.69, 9.17) is 9.47 Å². The van der Waals surface area contributed by atoms with Gasteiger partial charge in [-0.3, -0.25) is 4.79 Å². The molecule has 0 spiro atoms. The van der Waals surface area contributed by atoms with Crippen LogP contribution < -0.4 is 0 Å². The van der Waals surface area contributed by atoms with Crippen LogP contribution in [0.4, 0.5) is 0 Å². The molecule has 0 aliphatic carbocycles.